The molecule has 3 aromatic rings. The van der Waals surface area contributed by atoms with E-state index in [0.717, 1.165) is 11.4 Å². The van der Waals surface area contributed by atoms with Crippen LogP contribution in [-0.2, 0) is 0 Å². The van der Waals surface area contributed by atoms with Gasteiger partial charge < -0.3 is 10.3 Å². The molecular weight excluding hydrogens is 250 g/mol. The third kappa shape index (κ3) is 2.30. The van der Waals surface area contributed by atoms with Gasteiger partial charge in [0.15, 0.2) is 0 Å². The van der Waals surface area contributed by atoms with Gasteiger partial charge in [-0.3, -0.25) is 5.10 Å². The zero-order valence-electron chi connectivity index (χ0n) is 11.8. The van der Waals surface area contributed by atoms with Gasteiger partial charge in [-0.15, -0.1) is 5.10 Å². The molecule has 3 rings (SSSR count). The predicted octanol–water partition coefficient (Wildman–Crippen LogP) is 3.47. The zero-order valence-corrected chi connectivity index (χ0v) is 11.8. The van der Waals surface area contributed by atoms with Crippen LogP contribution in [0.3, 0.4) is 0 Å². The van der Waals surface area contributed by atoms with Crippen molar-refractivity contribution in [3.8, 4) is 11.3 Å². The van der Waals surface area contributed by atoms with Gasteiger partial charge in [0.1, 0.15) is 6.33 Å². The van der Waals surface area contributed by atoms with E-state index in [1.165, 1.54) is 22.4 Å². The van der Waals surface area contributed by atoms with Crippen molar-refractivity contribution < 1.29 is 0 Å². The van der Waals surface area contributed by atoms with Gasteiger partial charge in [0.05, 0.1) is 0 Å². The summed E-state index contributed by atoms with van der Waals surface area (Å²) < 4.78 is 0. The second kappa shape index (κ2) is 4.85. The summed E-state index contributed by atoms with van der Waals surface area (Å²) in [5.41, 5.74) is 6.99. The average Bonchev–Trinajstić information content (AvgIpc) is 3.00. The van der Waals surface area contributed by atoms with Crippen LogP contribution >= 0.6 is 0 Å². The SMILES string of the molecule is Cc1ccc(-c2c(C)cc(Nc3nc[nH]n3)cc2C)[nH]1. The van der Waals surface area contributed by atoms with Crippen LogP contribution in [-0.4, -0.2) is 20.2 Å². The first-order chi connectivity index (χ1) is 9.63. The Kier molecular flexibility index (Phi) is 3.02. The second-order valence-corrected chi connectivity index (χ2v) is 4.99. The summed E-state index contributed by atoms with van der Waals surface area (Å²) in [5, 5.41) is 9.88. The van der Waals surface area contributed by atoms with Crippen LogP contribution in [0.4, 0.5) is 11.6 Å². The minimum Gasteiger partial charge on any atom is -0.359 e. The predicted molar refractivity (Wildman–Crippen MR) is 80.1 cm³/mol. The van der Waals surface area contributed by atoms with Crippen molar-refractivity contribution in [3.05, 3.63) is 47.4 Å². The number of nitrogens with one attached hydrogen (secondary N) is 3. The summed E-state index contributed by atoms with van der Waals surface area (Å²) in [6, 6.07) is 8.42. The van der Waals surface area contributed by atoms with Gasteiger partial charge in [0.25, 0.3) is 0 Å². The molecule has 0 aliphatic heterocycles. The number of nitrogens with zero attached hydrogens (tertiary/aromatic N) is 2. The van der Waals surface area contributed by atoms with Crippen molar-refractivity contribution >= 4 is 11.6 Å². The van der Waals surface area contributed by atoms with Gasteiger partial charge in [-0.2, -0.15) is 0 Å². The lowest BCUT2D eigenvalue weighted by Crippen LogP contribution is -1.96. The number of hydrogen-bond donors (Lipinski definition) is 3. The molecule has 102 valence electrons. The first-order valence-corrected chi connectivity index (χ1v) is 6.53. The van der Waals surface area contributed by atoms with Gasteiger partial charge >= 0.3 is 0 Å². The van der Waals surface area contributed by atoms with Gasteiger partial charge in [-0.25, -0.2) is 4.98 Å². The molecule has 5 nitrogen and oxygen atoms in total. The minimum atomic E-state index is 0.576. The van der Waals surface area contributed by atoms with Gasteiger partial charge in [0.2, 0.25) is 5.95 Å². The Labute approximate surface area is 117 Å². The summed E-state index contributed by atoms with van der Waals surface area (Å²) in [5.74, 6) is 0.576. The van der Waals surface area contributed by atoms with E-state index in [4.69, 9.17) is 0 Å². The van der Waals surface area contributed by atoms with E-state index < -0.39 is 0 Å². The number of hydrogen-bond acceptors (Lipinski definition) is 3. The Balaban J connectivity index is 1.98. The fourth-order valence-corrected chi connectivity index (χ4v) is 2.51. The summed E-state index contributed by atoms with van der Waals surface area (Å²) in [4.78, 5) is 7.46. The van der Waals surface area contributed by atoms with Gasteiger partial charge in [-0.1, -0.05) is 0 Å². The van der Waals surface area contributed by atoms with E-state index in [1.54, 1.807) is 6.33 Å². The molecule has 3 N–H and O–H groups in total. The number of H-pyrrole nitrogens is 2. The van der Waals surface area contributed by atoms with Crippen molar-refractivity contribution in [3.63, 3.8) is 0 Å². The number of aromatic amines is 2. The van der Waals surface area contributed by atoms with E-state index in [-0.39, 0.29) is 0 Å². The minimum absolute atomic E-state index is 0.576. The van der Waals surface area contributed by atoms with Crippen LogP contribution in [0.15, 0.2) is 30.6 Å². The van der Waals surface area contributed by atoms with Crippen molar-refractivity contribution in [2.24, 2.45) is 0 Å². The highest BCUT2D eigenvalue weighted by atomic mass is 15.3. The molecule has 2 heterocycles. The Hall–Kier alpha value is -2.56. The van der Waals surface area contributed by atoms with Crippen LogP contribution in [0.1, 0.15) is 16.8 Å². The standard InChI is InChI=1S/C15H17N5/c1-9-6-12(19-15-16-8-17-20-15)7-10(2)14(9)13-5-4-11(3)18-13/h4-8,18H,1-3H3,(H2,16,17,19,20). The second-order valence-electron chi connectivity index (χ2n) is 4.99. The van der Waals surface area contributed by atoms with Crippen LogP contribution < -0.4 is 5.32 Å². The fourth-order valence-electron chi connectivity index (χ4n) is 2.51. The molecule has 0 unspecified atom stereocenters. The number of rotatable bonds is 3. The number of benzene rings is 1. The van der Waals surface area contributed by atoms with Crippen molar-refractivity contribution in [1.29, 1.82) is 0 Å². The molecule has 0 bridgehead atoms. The maximum atomic E-state index is 4.07. The first-order valence-electron chi connectivity index (χ1n) is 6.53. The van der Waals surface area contributed by atoms with Crippen molar-refractivity contribution in [2.45, 2.75) is 20.8 Å². The lowest BCUT2D eigenvalue weighted by molar-refractivity contribution is 1.09. The molecule has 0 saturated heterocycles. The lowest BCUT2D eigenvalue weighted by atomic mass is 9.99. The summed E-state index contributed by atoms with van der Waals surface area (Å²) in [7, 11) is 0. The van der Waals surface area contributed by atoms with Gasteiger partial charge in [0, 0.05) is 22.6 Å². The summed E-state index contributed by atoms with van der Waals surface area (Å²) in [6.45, 7) is 6.29. The number of aryl methyl sites for hydroxylation is 3. The van der Waals surface area contributed by atoms with E-state index in [2.05, 4.69) is 70.5 Å². The summed E-state index contributed by atoms with van der Waals surface area (Å²) >= 11 is 0. The molecule has 0 fully saturated rings. The van der Waals surface area contributed by atoms with Crippen molar-refractivity contribution in [1.82, 2.24) is 20.2 Å². The Morgan fingerprint density at radius 3 is 2.35 bits per heavy atom. The number of aromatic nitrogens is 4. The highest BCUT2D eigenvalue weighted by Crippen LogP contribution is 2.30. The summed E-state index contributed by atoms with van der Waals surface area (Å²) in [6.07, 6.45) is 1.55. The van der Waals surface area contributed by atoms with E-state index >= 15 is 0 Å². The van der Waals surface area contributed by atoms with E-state index in [9.17, 15) is 0 Å². The third-order valence-electron chi connectivity index (χ3n) is 3.31. The molecule has 2 aromatic heterocycles. The maximum Gasteiger partial charge on any atom is 0.246 e. The normalized spacial score (nSPS) is 10.8. The smallest absolute Gasteiger partial charge is 0.246 e. The molecule has 0 aliphatic rings. The fraction of sp³-hybridized carbons (Fsp3) is 0.200. The maximum absolute atomic E-state index is 4.07. The van der Waals surface area contributed by atoms with E-state index in [1.807, 2.05) is 0 Å². The topological polar surface area (TPSA) is 69.4 Å². The lowest BCUT2D eigenvalue weighted by Gasteiger charge is -2.12. The van der Waals surface area contributed by atoms with Crippen molar-refractivity contribution in [2.75, 3.05) is 5.32 Å². The van der Waals surface area contributed by atoms with Gasteiger partial charge in [-0.05, 0) is 56.2 Å². The third-order valence-corrected chi connectivity index (χ3v) is 3.31. The molecule has 0 saturated carbocycles. The first kappa shape index (κ1) is 12.5. The number of anilines is 2. The Morgan fingerprint density at radius 2 is 1.80 bits per heavy atom. The largest absolute Gasteiger partial charge is 0.359 e. The quantitative estimate of drug-likeness (QED) is 0.680. The van der Waals surface area contributed by atoms with Crippen LogP contribution in [0.5, 0.6) is 0 Å². The highest BCUT2D eigenvalue weighted by Gasteiger charge is 2.09. The molecule has 1 aromatic carbocycles. The monoisotopic (exact) mass is 267 g/mol. The molecular formula is C15H17N5. The van der Waals surface area contributed by atoms with Crippen LogP contribution in [0, 0.1) is 20.8 Å². The van der Waals surface area contributed by atoms with Crippen LogP contribution in [0.2, 0.25) is 0 Å². The molecule has 0 atom stereocenters. The molecule has 5 heteroatoms. The average molecular weight is 267 g/mol. The zero-order chi connectivity index (χ0) is 14.1. The Bertz CT molecular complexity index is 702. The Morgan fingerprint density at radius 1 is 1.05 bits per heavy atom. The molecule has 0 radical (unpaired) electrons. The molecule has 0 amide bonds. The molecule has 20 heavy (non-hydrogen) atoms. The highest BCUT2D eigenvalue weighted by molar-refractivity contribution is 5.72. The van der Waals surface area contributed by atoms with Crippen LogP contribution in [0.25, 0.3) is 11.3 Å². The van der Waals surface area contributed by atoms with E-state index in [0.29, 0.717) is 5.95 Å². The molecule has 0 spiro atoms. The molecule has 0 aliphatic carbocycles.